The molecule has 2 atom stereocenters. The van der Waals surface area contributed by atoms with Gasteiger partial charge in [0.25, 0.3) is 0 Å². The third-order valence-electron chi connectivity index (χ3n) is 3.47. The van der Waals surface area contributed by atoms with Crippen LogP contribution in [0.15, 0.2) is 0 Å². The molecular formula is C14H24N2O5. The molecule has 1 fully saturated rings. The van der Waals surface area contributed by atoms with Crippen LogP contribution >= 0.6 is 0 Å². The molecule has 1 aliphatic rings. The van der Waals surface area contributed by atoms with Gasteiger partial charge < -0.3 is 20.1 Å². The normalized spacial score (nSPS) is 19.9. The molecule has 0 aromatic heterocycles. The molecule has 0 spiro atoms. The summed E-state index contributed by atoms with van der Waals surface area (Å²) in [6.45, 7) is 4.99. The van der Waals surface area contributed by atoms with Crippen LogP contribution in [0.3, 0.4) is 0 Å². The van der Waals surface area contributed by atoms with E-state index in [0.717, 1.165) is 0 Å². The van der Waals surface area contributed by atoms with E-state index in [1.54, 1.807) is 12.0 Å². The number of nitrogens with zero attached hydrogens (tertiary/aromatic N) is 1. The molecule has 2 amide bonds. The second-order valence-corrected chi connectivity index (χ2v) is 5.76. The lowest BCUT2D eigenvalue weighted by Gasteiger charge is -2.19. The molecule has 1 heterocycles. The van der Waals surface area contributed by atoms with E-state index in [-0.39, 0.29) is 24.2 Å². The molecule has 21 heavy (non-hydrogen) atoms. The summed E-state index contributed by atoms with van der Waals surface area (Å²) in [6.07, 6.45) is 0.499. The number of carbonyl (C=O) groups is 3. The third-order valence-corrected chi connectivity index (χ3v) is 3.47. The fourth-order valence-electron chi connectivity index (χ4n) is 2.35. The first-order valence-electron chi connectivity index (χ1n) is 7.15. The monoisotopic (exact) mass is 300 g/mol. The summed E-state index contributed by atoms with van der Waals surface area (Å²) >= 11 is 0. The van der Waals surface area contributed by atoms with Crippen molar-refractivity contribution in [1.29, 1.82) is 0 Å². The Labute approximate surface area is 124 Å². The molecule has 0 saturated carbocycles. The van der Waals surface area contributed by atoms with Crippen molar-refractivity contribution in [1.82, 2.24) is 10.2 Å². The molecule has 2 N–H and O–H groups in total. The molecule has 1 rings (SSSR count). The second kappa shape index (κ2) is 7.97. The molecule has 0 aromatic rings. The van der Waals surface area contributed by atoms with Crippen LogP contribution in [0.2, 0.25) is 0 Å². The average molecular weight is 300 g/mol. The Hall–Kier alpha value is -1.63. The number of rotatable bonds is 8. The highest BCUT2D eigenvalue weighted by Gasteiger charge is 2.35. The zero-order valence-electron chi connectivity index (χ0n) is 12.8. The molecule has 0 bridgehead atoms. The predicted octanol–water partition coefficient (Wildman–Crippen LogP) is 0.0968. The summed E-state index contributed by atoms with van der Waals surface area (Å²) in [5, 5.41) is 11.7. The highest BCUT2D eigenvalue weighted by atomic mass is 16.5. The van der Waals surface area contributed by atoms with Crippen molar-refractivity contribution in [3.63, 3.8) is 0 Å². The maximum Gasteiger partial charge on any atom is 0.326 e. The lowest BCUT2D eigenvalue weighted by Crippen LogP contribution is -2.45. The van der Waals surface area contributed by atoms with E-state index in [0.29, 0.717) is 26.1 Å². The van der Waals surface area contributed by atoms with E-state index in [4.69, 9.17) is 9.84 Å². The molecule has 7 nitrogen and oxygen atoms in total. The molecular weight excluding hydrogens is 276 g/mol. The first-order chi connectivity index (χ1) is 9.85. The Morgan fingerprint density at radius 2 is 2.14 bits per heavy atom. The van der Waals surface area contributed by atoms with Crippen LogP contribution in [-0.4, -0.2) is 60.6 Å². The van der Waals surface area contributed by atoms with Crippen LogP contribution in [0, 0.1) is 11.8 Å². The van der Waals surface area contributed by atoms with Crippen molar-refractivity contribution >= 4 is 17.8 Å². The lowest BCUT2D eigenvalue weighted by molar-refractivity contribution is -0.142. The van der Waals surface area contributed by atoms with Gasteiger partial charge in [0, 0.05) is 26.6 Å². The van der Waals surface area contributed by atoms with Gasteiger partial charge in [0.05, 0.1) is 12.5 Å². The summed E-state index contributed by atoms with van der Waals surface area (Å²) in [5.74, 6) is -1.82. The topological polar surface area (TPSA) is 95.9 Å². The van der Waals surface area contributed by atoms with E-state index in [1.807, 2.05) is 13.8 Å². The minimum absolute atomic E-state index is 0.0945. The summed E-state index contributed by atoms with van der Waals surface area (Å²) in [6, 6.07) is -0.902. The molecule has 1 saturated heterocycles. The van der Waals surface area contributed by atoms with Crippen LogP contribution < -0.4 is 5.32 Å². The van der Waals surface area contributed by atoms with Crippen LogP contribution in [0.1, 0.15) is 26.7 Å². The maximum atomic E-state index is 12.1. The number of carbonyl (C=O) groups excluding carboxylic acids is 2. The minimum Gasteiger partial charge on any atom is -0.480 e. The predicted molar refractivity (Wildman–Crippen MR) is 75.6 cm³/mol. The number of ether oxygens (including phenoxy) is 1. The Balaban J connectivity index is 2.55. The number of carboxylic acids is 1. The summed E-state index contributed by atoms with van der Waals surface area (Å²) in [7, 11) is 1.55. The van der Waals surface area contributed by atoms with Gasteiger partial charge in [-0.1, -0.05) is 13.8 Å². The molecule has 7 heteroatoms. The number of nitrogens with one attached hydrogen (secondary N) is 1. The average Bonchev–Trinajstić information content (AvgIpc) is 2.76. The number of likely N-dealkylation sites (tertiary alicyclic amines) is 1. The van der Waals surface area contributed by atoms with Crippen molar-refractivity contribution < 1.29 is 24.2 Å². The third kappa shape index (κ3) is 5.34. The molecule has 0 aromatic carbocycles. The van der Waals surface area contributed by atoms with Gasteiger partial charge in [0.2, 0.25) is 11.8 Å². The van der Waals surface area contributed by atoms with Crippen molar-refractivity contribution in [3.8, 4) is 0 Å². The van der Waals surface area contributed by atoms with Gasteiger partial charge in [-0.05, 0) is 12.3 Å². The van der Waals surface area contributed by atoms with Crippen molar-refractivity contribution in [2.24, 2.45) is 11.8 Å². The Morgan fingerprint density at radius 1 is 1.48 bits per heavy atom. The quantitative estimate of drug-likeness (QED) is 0.662. The number of aliphatic carboxylic acids is 1. The Bertz CT molecular complexity index is 397. The minimum atomic E-state index is -1.04. The number of methoxy groups -OCH3 is 1. The van der Waals surface area contributed by atoms with E-state index in [2.05, 4.69) is 5.32 Å². The largest absolute Gasteiger partial charge is 0.480 e. The summed E-state index contributed by atoms with van der Waals surface area (Å²) in [5.41, 5.74) is 0. The number of carboxylic acid groups (broad SMARTS) is 1. The zero-order valence-corrected chi connectivity index (χ0v) is 12.8. The van der Waals surface area contributed by atoms with Crippen LogP contribution in [-0.2, 0) is 19.1 Å². The van der Waals surface area contributed by atoms with Crippen LogP contribution in [0.4, 0.5) is 0 Å². The van der Waals surface area contributed by atoms with Gasteiger partial charge in [-0.15, -0.1) is 0 Å². The number of hydrogen-bond donors (Lipinski definition) is 2. The fourth-order valence-corrected chi connectivity index (χ4v) is 2.35. The van der Waals surface area contributed by atoms with Crippen molar-refractivity contribution in [3.05, 3.63) is 0 Å². The van der Waals surface area contributed by atoms with Gasteiger partial charge in [0.15, 0.2) is 0 Å². The van der Waals surface area contributed by atoms with E-state index in [9.17, 15) is 14.4 Å². The van der Waals surface area contributed by atoms with Crippen LogP contribution in [0.5, 0.6) is 0 Å². The van der Waals surface area contributed by atoms with Gasteiger partial charge >= 0.3 is 5.97 Å². The fraction of sp³-hybridized carbons (Fsp3) is 0.786. The van der Waals surface area contributed by atoms with E-state index < -0.39 is 17.9 Å². The molecule has 0 unspecified atom stereocenters. The summed E-state index contributed by atoms with van der Waals surface area (Å²) in [4.78, 5) is 36.6. The van der Waals surface area contributed by atoms with Gasteiger partial charge in [-0.2, -0.15) is 0 Å². The zero-order chi connectivity index (χ0) is 16.0. The first-order valence-corrected chi connectivity index (χ1v) is 7.15. The van der Waals surface area contributed by atoms with Gasteiger partial charge in [0.1, 0.15) is 6.04 Å². The molecule has 0 aliphatic carbocycles. The van der Waals surface area contributed by atoms with Crippen molar-refractivity contribution in [2.75, 3.05) is 26.8 Å². The lowest BCUT2D eigenvalue weighted by atomic mass is 10.0. The standard InChI is InChI=1S/C14H24N2O5/c1-9(2)6-11(14(19)20)15-13(18)10-7-12(17)16(8-10)4-5-21-3/h9-11H,4-8H2,1-3H3,(H,15,18)(H,19,20)/t10-,11-/m1/s1. The SMILES string of the molecule is COCCN1C[C@H](C(=O)N[C@H](CC(C)C)C(=O)O)CC1=O. The Kier molecular flexibility index (Phi) is 6.61. The van der Waals surface area contributed by atoms with Crippen LogP contribution in [0.25, 0.3) is 0 Å². The first kappa shape index (κ1) is 17.4. The summed E-state index contributed by atoms with van der Waals surface area (Å²) < 4.78 is 4.92. The molecule has 120 valence electrons. The van der Waals surface area contributed by atoms with Gasteiger partial charge in [-0.25, -0.2) is 4.79 Å². The second-order valence-electron chi connectivity index (χ2n) is 5.76. The van der Waals surface area contributed by atoms with E-state index >= 15 is 0 Å². The highest BCUT2D eigenvalue weighted by molar-refractivity contribution is 5.91. The van der Waals surface area contributed by atoms with Gasteiger partial charge in [-0.3, -0.25) is 9.59 Å². The van der Waals surface area contributed by atoms with Crippen molar-refractivity contribution in [2.45, 2.75) is 32.7 Å². The maximum absolute atomic E-state index is 12.1. The Morgan fingerprint density at radius 3 is 2.67 bits per heavy atom. The number of hydrogen-bond acceptors (Lipinski definition) is 4. The smallest absolute Gasteiger partial charge is 0.326 e. The van der Waals surface area contributed by atoms with E-state index in [1.165, 1.54) is 0 Å². The molecule has 0 radical (unpaired) electrons. The highest BCUT2D eigenvalue weighted by Crippen LogP contribution is 2.18. The number of amides is 2. The molecule has 1 aliphatic heterocycles.